The van der Waals surface area contributed by atoms with E-state index in [9.17, 15) is 42.7 Å². The van der Waals surface area contributed by atoms with Crippen molar-refractivity contribution in [1.29, 1.82) is 0 Å². The molecule has 5 amide bonds. The first-order valence-corrected chi connectivity index (χ1v) is 20.2. The van der Waals surface area contributed by atoms with E-state index in [1.165, 1.54) is 9.58 Å². The van der Waals surface area contributed by atoms with Crippen LogP contribution in [0.3, 0.4) is 0 Å². The fourth-order valence-electron chi connectivity index (χ4n) is 6.64. The molecule has 59 heavy (non-hydrogen) atoms. The van der Waals surface area contributed by atoms with Crippen molar-refractivity contribution < 1.29 is 47.8 Å². The number of aliphatic hydroxyl groups excluding tert-OH is 1. The third-order valence-corrected chi connectivity index (χ3v) is 11.0. The monoisotopic (exact) mass is 842 g/mol. The number of aromatic nitrogens is 2. The summed E-state index contributed by atoms with van der Waals surface area (Å²) in [5.74, 6) is -5.26. The largest absolute Gasteiger partial charge is 0.480 e. The minimum absolute atomic E-state index is 0.00328. The molecule has 0 spiro atoms. The molecule has 0 bridgehead atoms. The highest BCUT2D eigenvalue weighted by atomic mass is 32.2. The first-order chi connectivity index (χ1) is 27.9. The molecule has 0 aliphatic carbocycles. The second-order valence-corrected chi connectivity index (χ2v) is 16.6. The van der Waals surface area contributed by atoms with E-state index in [-0.39, 0.29) is 49.7 Å². The predicted molar refractivity (Wildman–Crippen MR) is 214 cm³/mol. The topological polar surface area (TPSA) is 243 Å². The number of carboxylic acid groups (broad SMARTS) is 1. The van der Waals surface area contributed by atoms with Crippen LogP contribution in [0.4, 0.5) is 8.78 Å². The van der Waals surface area contributed by atoms with E-state index in [0.717, 1.165) is 40.4 Å². The number of carboxylic acids is 1. The molecule has 19 heteroatoms. The zero-order valence-electron chi connectivity index (χ0n) is 33.2. The zero-order valence-corrected chi connectivity index (χ0v) is 34.1. The van der Waals surface area contributed by atoms with E-state index in [1.54, 1.807) is 6.20 Å². The maximum Gasteiger partial charge on any atom is 0.321 e. The molecule has 1 saturated heterocycles. The van der Waals surface area contributed by atoms with Gasteiger partial charge in [0.1, 0.15) is 30.0 Å². The molecule has 0 saturated carbocycles. The molecule has 4 unspecified atom stereocenters. The maximum absolute atomic E-state index is 15.0. The average molecular weight is 843 g/mol. The molecule has 2 heterocycles. The summed E-state index contributed by atoms with van der Waals surface area (Å²) in [5, 5.41) is 23.0. The summed E-state index contributed by atoms with van der Waals surface area (Å²) in [5.41, 5.74) is 17.3. The lowest BCUT2D eigenvalue weighted by Gasteiger charge is -2.40. The smallest absolute Gasteiger partial charge is 0.321 e. The Labute approximate surface area is 345 Å². The average Bonchev–Trinajstić information content (AvgIpc) is 3.72. The van der Waals surface area contributed by atoms with E-state index in [1.807, 2.05) is 51.1 Å². The number of likely N-dealkylation sites (tertiary alicyclic amines) is 1. The number of hydrogen-bond acceptors (Lipinski definition) is 11. The number of hydrazine groups is 1. The highest BCUT2D eigenvalue weighted by molar-refractivity contribution is 8.00. The number of hydrogen-bond donors (Lipinski definition) is 6. The van der Waals surface area contributed by atoms with Gasteiger partial charge in [0.2, 0.25) is 23.6 Å². The van der Waals surface area contributed by atoms with Gasteiger partial charge in [0.05, 0.1) is 23.0 Å². The lowest BCUT2D eigenvalue weighted by Crippen LogP contribution is -2.51. The van der Waals surface area contributed by atoms with Gasteiger partial charge in [-0.1, -0.05) is 57.5 Å². The lowest BCUT2D eigenvalue weighted by molar-refractivity contribution is -0.140. The van der Waals surface area contributed by atoms with Crippen molar-refractivity contribution in [2.75, 3.05) is 25.4 Å². The highest BCUT2D eigenvalue weighted by Crippen LogP contribution is 2.40. The zero-order chi connectivity index (χ0) is 43.4. The Hall–Kier alpha value is -5.24. The molecule has 320 valence electrons. The highest BCUT2D eigenvalue weighted by Gasteiger charge is 2.40. The standard InChI is InChI=1S/C40H52F2N8O8S/c1-40(2,3)36(35-25(18-24-10-6-4-7-11-24)21-50(47-35)30-19-26(41)13-14-27(30)42)48(34(54)22-51)17-15-28(43)37(55)46-45-32(52)12-8-5-9-16-49-33(53)20-31(38(49)56)59-23-29(44)39(57)58/h4,6-7,10-11,13-14,19,21,28-29,31,36,51H,5,8-9,12,15-18,20,22-23,43-44H2,1-3H3,(H,45,52)(H,46,55)(H,57,58). The van der Waals surface area contributed by atoms with Gasteiger partial charge < -0.3 is 26.6 Å². The molecular formula is C40H52F2N8O8S. The van der Waals surface area contributed by atoms with Crippen LogP contribution in [0.15, 0.2) is 54.7 Å². The van der Waals surface area contributed by atoms with Crippen molar-refractivity contribution in [1.82, 2.24) is 30.4 Å². The van der Waals surface area contributed by atoms with E-state index < -0.39 is 76.6 Å². The summed E-state index contributed by atoms with van der Waals surface area (Å²) in [6.45, 7) is 4.74. The SMILES string of the molecule is CC(C)(C)C(c1nn(-c2cc(F)ccc2F)cc1Cc1ccccc1)N(CCC(N)C(=O)NNC(=O)CCCCCN1C(=O)CC(SCC(N)C(=O)O)C1=O)C(=O)CO. The summed E-state index contributed by atoms with van der Waals surface area (Å²) >= 11 is 1.04. The Kier molecular flexibility index (Phi) is 16.6. The number of nitrogens with zero attached hydrogens (tertiary/aromatic N) is 4. The van der Waals surface area contributed by atoms with Gasteiger partial charge in [0, 0.05) is 55.9 Å². The van der Waals surface area contributed by atoms with Gasteiger partial charge >= 0.3 is 5.97 Å². The Morgan fingerprint density at radius 2 is 1.73 bits per heavy atom. The number of rotatable bonds is 20. The van der Waals surface area contributed by atoms with Crippen LogP contribution in [0.5, 0.6) is 0 Å². The second-order valence-electron chi connectivity index (χ2n) is 15.4. The van der Waals surface area contributed by atoms with Crippen LogP contribution < -0.4 is 22.3 Å². The van der Waals surface area contributed by atoms with Gasteiger partial charge in [-0.2, -0.15) is 5.10 Å². The molecular weight excluding hydrogens is 791 g/mol. The molecule has 0 radical (unpaired) electrons. The summed E-state index contributed by atoms with van der Waals surface area (Å²) < 4.78 is 30.5. The van der Waals surface area contributed by atoms with Crippen molar-refractivity contribution in [2.45, 2.75) is 89.1 Å². The first-order valence-electron chi connectivity index (χ1n) is 19.2. The number of halogens is 2. The minimum Gasteiger partial charge on any atom is -0.480 e. The van der Waals surface area contributed by atoms with Gasteiger partial charge in [0.15, 0.2) is 0 Å². The Balaban J connectivity index is 1.34. The van der Waals surface area contributed by atoms with Crippen molar-refractivity contribution in [3.63, 3.8) is 0 Å². The number of thioether (sulfide) groups is 1. The van der Waals surface area contributed by atoms with E-state index >= 15 is 0 Å². The summed E-state index contributed by atoms with van der Waals surface area (Å²) in [7, 11) is 0. The molecule has 2 aromatic carbocycles. The molecule has 4 atom stereocenters. The van der Waals surface area contributed by atoms with Gasteiger partial charge in [-0.15, -0.1) is 11.8 Å². The fraction of sp³-hybridized carbons (Fsp3) is 0.475. The molecule has 8 N–H and O–H groups in total. The van der Waals surface area contributed by atoms with Crippen LogP contribution in [-0.2, 0) is 35.2 Å². The van der Waals surface area contributed by atoms with Crippen LogP contribution >= 0.6 is 11.8 Å². The van der Waals surface area contributed by atoms with Crippen LogP contribution in [-0.4, -0.2) is 108 Å². The van der Waals surface area contributed by atoms with E-state index in [4.69, 9.17) is 21.7 Å². The van der Waals surface area contributed by atoms with Crippen molar-refractivity contribution in [2.24, 2.45) is 16.9 Å². The Morgan fingerprint density at radius 1 is 1.02 bits per heavy atom. The van der Waals surface area contributed by atoms with Gasteiger partial charge in [-0.25, -0.2) is 13.5 Å². The summed E-state index contributed by atoms with van der Waals surface area (Å²) in [6.07, 6.45) is 3.11. The van der Waals surface area contributed by atoms with Crippen LogP contribution in [0, 0.1) is 17.0 Å². The number of amides is 5. The van der Waals surface area contributed by atoms with Crippen molar-refractivity contribution in [3.05, 3.63) is 83.2 Å². The summed E-state index contributed by atoms with van der Waals surface area (Å²) in [6, 6.07) is 9.19. The summed E-state index contributed by atoms with van der Waals surface area (Å²) in [4.78, 5) is 77.3. The maximum atomic E-state index is 15.0. The van der Waals surface area contributed by atoms with Gasteiger partial charge in [-0.3, -0.25) is 44.5 Å². The molecule has 1 aliphatic heterocycles. The number of unbranched alkanes of at least 4 members (excludes halogenated alkanes) is 2. The van der Waals surface area contributed by atoms with Crippen LogP contribution in [0.25, 0.3) is 5.69 Å². The van der Waals surface area contributed by atoms with Crippen molar-refractivity contribution in [3.8, 4) is 5.69 Å². The second kappa shape index (κ2) is 21.1. The first kappa shape index (κ1) is 46.4. The number of imide groups is 1. The normalized spacial score (nSPS) is 15.8. The Morgan fingerprint density at radius 3 is 2.39 bits per heavy atom. The third kappa shape index (κ3) is 12.9. The van der Waals surface area contributed by atoms with Crippen molar-refractivity contribution >= 4 is 47.3 Å². The lowest BCUT2D eigenvalue weighted by atomic mass is 9.81. The predicted octanol–water partition coefficient (Wildman–Crippen LogP) is 2.35. The minimum atomic E-state index is -1.20. The number of aliphatic hydroxyl groups is 1. The molecule has 1 aliphatic rings. The van der Waals surface area contributed by atoms with E-state index in [0.29, 0.717) is 36.9 Å². The molecule has 1 aromatic heterocycles. The van der Waals surface area contributed by atoms with Crippen LogP contribution in [0.1, 0.15) is 82.2 Å². The van der Waals surface area contributed by atoms with E-state index in [2.05, 4.69) is 10.9 Å². The van der Waals surface area contributed by atoms with Crippen LogP contribution in [0.2, 0.25) is 0 Å². The molecule has 4 rings (SSSR count). The number of benzene rings is 2. The number of nitrogens with two attached hydrogens (primary N) is 2. The van der Waals surface area contributed by atoms with Gasteiger partial charge in [-0.05, 0) is 42.4 Å². The molecule has 16 nitrogen and oxygen atoms in total. The third-order valence-electron chi connectivity index (χ3n) is 9.69. The fourth-order valence-corrected chi connectivity index (χ4v) is 7.75. The quantitative estimate of drug-likeness (QED) is 0.0546. The number of nitrogens with one attached hydrogen (secondary N) is 2. The number of carbonyl (C=O) groups excluding carboxylic acids is 5. The molecule has 1 fully saturated rings. The number of aliphatic carboxylic acids is 1. The molecule has 3 aromatic rings. The van der Waals surface area contributed by atoms with Gasteiger partial charge in [0.25, 0.3) is 5.91 Å². The number of carbonyl (C=O) groups is 6. The Bertz CT molecular complexity index is 1980.